The van der Waals surface area contributed by atoms with Gasteiger partial charge in [-0.25, -0.2) is 4.79 Å². The third kappa shape index (κ3) is 3.29. The van der Waals surface area contributed by atoms with E-state index < -0.39 is 24.1 Å². The number of hydrogen-bond donors (Lipinski definition) is 0. The SMILES string of the molecule is N#C[C@@H]1CCC=C2C(=O)C[C@H](c3ccccc3)N(C(=O)Oc3ccccc3)[C@H]21. The number of carbonyl (C=O) groups excluding carboxylic acids is 2. The maximum absolute atomic E-state index is 13.2. The molecule has 1 amide bonds. The summed E-state index contributed by atoms with van der Waals surface area (Å²) in [6.45, 7) is 0. The molecule has 140 valence electrons. The van der Waals surface area contributed by atoms with Gasteiger partial charge in [0.1, 0.15) is 5.75 Å². The van der Waals surface area contributed by atoms with Gasteiger partial charge in [-0.3, -0.25) is 9.69 Å². The maximum Gasteiger partial charge on any atom is 0.416 e. The average Bonchev–Trinajstić information content (AvgIpc) is 2.74. The van der Waals surface area contributed by atoms with E-state index in [0.717, 1.165) is 5.56 Å². The summed E-state index contributed by atoms with van der Waals surface area (Å²) in [7, 11) is 0. The molecule has 28 heavy (non-hydrogen) atoms. The monoisotopic (exact) mass is 372 g/mol. The summed E-state index contributed by atoms with van der Waals surface area (Å²) in [4.78, 5) is 27.7. The normalized spacial score (nSPS) is 24.0. The summed E-state index contributed by atoms with van der Waals surface area (Å²) >= 11 is 0. The third-order valence-electron chi connectivity index (χ3n) is 5.39. The number of amides is 1. The highest BCUT2D eigenvalue weighted by atomic mass is 16.6. The van der Waals surface area contributed by atoms with E-state index in [0.29, 0.717) is 24.2 Å². The number of ether oxygens (including phenoxy) is 1. The second-order valence-corrected chi connectivity index (χ2v) is 7.06. The van der Waals surface area contributed by atoms with Gasteiger partial charge < -0.3 is 4.74 Å². The van der Waals surface area contributed by atoms with Crippen molar-refractivity contribution in [1.29, 1.82) is 5.26 Å². The van der Waals surface area contributed by atoms with Gasteiger partial charge in [-0.2, -0.15) is 5.26 Å². The van der Waals surface area contributed by atoms with Gasteiger partial charge in [0.2, 0.25) is 0 Å². The largest absolute Gasteiger partial charge is 0.416 e. The van der Waals surface area contributed by atoms with E-state index in [1.807, 2.05) is 42.5 Å². The van der Waals surface area contributed by atoms with Crippen molar-refractivity contribution in [3.8, 4) is 11.8 Å². The van der Waals surface area contributed by atoms with Crippen LogP contribution in [0.15, 0.2) is 72.3 Å². The Hall–Kier alpha value is -3.39. The Labute approximate surface area is 163 Å². The molecule has 1 aliphatic heterocycles. The van der Waals surface area contributed by atoms with Crippen molar-refractivity contribution in [2.24, 2.45) is 5.92 Å². The van der Waals surface area contributed by atoms with E-state index >= 15 is 0 Å². The molecule has 1 aliphatic carbocycles. The van der Waals surface area contributed by atoms with Crippen LogP contribution < -0.4 is 4.74 Å². The number of ketones is 1. The first-order valence-corrected chi connectivity index (χ1v) is 9.42. The van der Waals surface area contributed by atoms with E-state index in [9.17, 15) is 14.9 Å². The fourth-order valence-corrected chi connectivity index (χ4v) is 4.09. The molecule has 1 saturated heterocycles. The molecule has 3 atom stereocenters. The molecule has 2 aromatic rings. The van der Waals surface area contributed by atoms with Crippen LogP contribution in [0, 0.1) is 17.2 Å². The number of hydrogen-bond acceptors (Lipinski definition) is 4. The zero-order chi connectivity index (χ0) is 19.5. The number of allylic oxidation sites excluding steroid dienone is 1. The fourth-order valence-electron chi connectivity index (χ4n) is 4.09. The zero-order valence-electron chi connectivity index (χ0n) is 15.3. The number of benzene rings is 2. The first-order valence-electron chi connectivity index (χ1n) is 9.42. The molecule has 0 saturated carbocycles. The third-order valence-corrected chi connectivity index (χ3v) is 5.39. The number of piperidine rings is 1. The minimum atomic E-state index is -0.582. The number of rotatable bonds is 2. The van der Waals surface area contributed by atoms with Crippen LogP contribution in [0.2, 0.25) is 0 Å². The molecular formula is C23H20N2O3. The van der Waals surface area contributed by atoms with Gasteiger partial charge in [-0.1, -0.05) is 54.6 Å². The molecule has 0 N–H and O–H groups in total. The summed E-state index contributed by atoms with van der Waals surface area (Å²) in [5, 5.41) is 9.70. The molecule has 5 nitrogen and oxygen atoms in total. The van der Waals surface area contributed by atoms with E-state index in [2.05, 4.69) is 6.07 Å². The molecule has 2 aromatic carbocycles. The van der Waals surface area contributed by atoms with Gasteiger partial charge in [0.15, 0.2) is 5.78 Å². The van der Waals surface area contributed by atoms with Crippen LogP contribution in [0.3, 0.4) is 0 Å². The van der Waals surface area contributed by atoms with Gasteiger partial charge >= 0.3 is 6.09 Å². The number of nitrogens with zero attached hydrogens (tertiary/aromatic N) is 2. The summed E-state index contributed by atoms with van der Waals surface area (Å²) in [5.41, 5.74) is 1.43. The van der Waals surface area contributed by atoms with Crippen LogP contribution in [0.5, 0.6) is 5.75 Å². The van der Waals surface area contributed by atoms with Crippen LogP contribution >= 0.6 is 0 Å². The quantitative estimate of drug-likeness (QED) is 0.782. The molecule has 0 unspecified atom stereocenters. The predicted molar refractivity (Wildman–Crippen MR) is 103 cm³/mol. The van der Waals surface area contributed by atoms with Crippen molar-refractivity contribution in [3.05, 3.63) is 77.9 Å². The van der Waals surface area contributed by atoms with E-state index in [4.69, 9.17) is 4.74 Å². The van der Waals surface area contributed by atoms with Crippen LogP contribution in [-0.4, -0.2) is 22.8 Å². The van der Waals surface area contributed by atoms with Gasteiger partial charge in [-0.05, 0) is 30.5 Å². The lowest BCUT2D eigenvalue weighted by molar-refractivity contribution is -0.120. The Kier molecular flexibility index (Phi) is 4.94. The van der Waals surface area contributed by atoms with Crippen LogP contribution in [0.4, 0.5) is 4.79 Å². The first kappa shape index (κ1) is 18.0. The highest BCUT2D eigenvalue weighted by Gasteiger charge is 2.47. The van der Waals surface area contributed by atoms with E-state index in [1.54, 1.807) is 29.2 Å². The van der Waals surface area contributed by atoms with Crippen molar-refractivity contribution in [3.63, 3.8) is 0 Å². The van der Waals surface area contributed by atoms with E-state index in [-0.39, 0.29) is 12.2 Å². The summed E-state index contributed by atoms with van der Waals surface area (Å²) in [6, 6.07) is 19.6. The second kappa shape index (κ2) is 7.69. The number of para-hydroxylation sites is 1. The number of likely N-dealkylation sites (tertiary alicyclic amines) is 1. The molecular weight excluding hydrogens is 352 g/mol. The van der Waals surface area contributed by atoms with Gasteiger partial charge in [0.05, 0.1) is 24.1 Å². The summed E-state index contributed by atoms with van der Waals surface area (Å²) < 4.78 is 5.62. The summed E-state index contributed by atoms with van der Waals surface area (Å²) in [6.07, 6.45) is 2.83. The van der Waals surface area contributed by atoms with Crippen molar-refractivity contribution >= 4 is 11.9 Å². The lowest BCUT2D eigenvalue weighted by Gasteiger charge is -2.45. The van der Waals surface area contributed by atoms with Crippen molar-refractivity contribution in [2.45, 2.75) is 31.3 Å². The van der Waals surface area contributed by atoms with Crippen LogP contribution in [-0.2, 0) is 4.79 Å². The smallest absolute Gasteiger partial charge is 0.410 e. The second-order valence-electron chi connectivity index (χ2n) is 7.06. The van der Waals surface area contributed by atoms with E-state index in [1.165, 1.54) is 0 Å². The molecule has 0 spiro atoms. The Morgan fingerprint density at radius 2 is 1.75 bits per heavy atom. The molecule has 0 aromatic heterocycles. The maximum atomic E-state index is 13.2. The zero-order valence-corrected chi connectivity index (χ0v) is 15.3. The summed E-state index contributed by atoms with van der Waals surface area (Å²) in [5.74, 6) is 0.00686. The fraction of sp³-hybridized carbons (Fsp3) is 0.261. The number of carbonyl (C=O) groups is 2. The van der Waals surface area contributed by atoms with Crippen LogP contribution in [0.1, 0.15) is 30.9 Å². The van der Waals surface area contributed by atoms with Gasteiger partial charge in [0.25, 0.3) is 0 Å². The molecule has 0 bridgehead atoms. The molecule has 5 heteroatoms. The number of nitriles is 1. The minimum absolute atomic E-state index is 0.00237. The van der Waals surface area contributed by atoms with Crippen molar-refractivity contribution < 1.29 is 14.3 Å². The Bertz CT molecular complexity index is 947. The van der Waals surface area contributed by atoms with Crippen LogP contribution in [0.25, 0.3) is 0 Å². The topological polar surface area (TPSA) is 70.4 Å². The predicted octanol–water partition coefficient (Wildman–Crippen LogP) is 4.43. The lowest BCUT2D eigenvalue weighted by Crippen LogP contribution is -2.54. The van der Waals surface area contributed by atoms with Gasteiger partial charge in [-0.15, -0.1) is 0 Å². The Balaban J connectivity index is 1.76. The lowest BCUT2D eigenvalue weighted by atomic mass is 9.76. The number of fused-ring (bicyclic) bond motifs is 1. The molecule has 4 rings (SSSR count). The molecule has 2 aliphatic rings. The number of Topliss-reactive ketones (excluding diaryl/α,β-unsaturated/α-hetero) is 1. The average molecular weight is 372 g/mol. The standard InChI is InChI=1S/C23H20N2O3/c24-15-17-10-7-13-19-21(26)14-20(16-8-3-1-4-9-16)25(22(17)19)23(27)28-18-11-5-2-6-12-18/h1-6,8-9,11-13,17,20,22H,7,10,14H2/t17-,20+,22-/m0/s1. The highest BCUT2D eigenvalue weighted by Crippen LogP contribution is 2.42. The molecule has 0 radical (unpaired) electrons. The Morgan fingerprint density at radius 1 is 1.07 bits per heavy atom. The minimum Gasteiger partial charge on any atom is -0.410 e. The van der Waals surface area contributed by atoms with Crippen molar-refractivity contribution in [2.75, 3.05) is 0 Å². The molecule has 1 fully saturated rings. The Morgan fingerprint density at radius 3 is 2.43 bits per heavy atom. The van der Waals surface area contributed by atoms with Gasteiger partial charge in [0, 0.05) is 12.0 Å². The highest BCUT2D eigenvalue weighted by molar-refractivity contribution is 5.99. The van der Waals surface area contributed by atoms with Crippen molar-refractivity contribution in [1.82, 2.24) is 4.90 Å². The molecule has 1 heterocycles. The first-order chi connectivity index (χ1) is 13.7.